The lowest BCUT2D eigenvalue weighted by molar-refractivity contribution is -0.145. The molecule has 2 N–H and O–H groups in total. The molecule has 0 aliphatic rings. The number of benzene rings is 1. The quantitative estimate of drug-likeness (QED) is 0.751. The van der Waals surface area contributed by atoms with Gasteiger partial charge in [0.25, 0.3) is 0 Å². The maximum atomic E-state index is 10.9. The van der Waals surface area contributed by atoms with Gasteiger partial charge in [0.2, 0.25) is 0 Å². The summed E-state index contributed by atoms with van der Waals surface area (Å²) in [6, 6.07) is 6.75. The van der Waals surface area contributed by atoms with Crippen molar-refractivity contribution >= 4 is 5.97 Å². The highest BCUT2D eigenvalue weighted by molar-refractivity contribution is 5.72. The molecule has 0 aliphatic heterocycles. The third-order valence-electron chi connectivity index (χ3n) is 2.22. The highest BCUT2D eigenvalue weighted by Crippen LogP contribution is 2.21. The molecule has 0 spiro atoms. The smallest absolute Gasteiger partial charge is 0.344 e. The summed E-state index contributed by atoms with van der Waals surface area (Å²) in [7, 11) is 1.53. The number of carboxylic acids is 1. The molecule has 0 amide bonds. The SMILES string of the molecule is COc1cccc(OC(CCCO)C(=O)O)c1. The zero-order valence-corrected chi connectivity index (χ0v) is 9.63. The van der Waals surface area contributed by atoms with Crippen LogP contribution in [0.25, 0.3) is 0 Å². The molecule has 0 saturated carbocycles. The molecule has 1 rings (SSSR count). The molecule has 0 radical (unpaired) electrons. The number of hydrogen-bond acceptors (Lipinski definition) is 4. The molecule has 17 heavy (non-hydrogen) atoms. The maximum absolute atomic E-state index is 10.9. The van der Waals surface area contributed by atoms with E-state index in [1.807, 2.05) is 0 Å². The van der Waals surface area contributed by atoms with E-state index >= 15 is 0 Å². The van der Waals surface area contributed by atoms with Gasteiger partial charge in [0.15, 0.2) is 6.10 Å². The lowest BCUT2D eigenvalue weighted by Crippen LogP contribution is -2.27. The first-order valence-electron chi connectivity index (χ1n) is 5.31. The lowest BCUT2D eigenvalue weighted by Gasteiger charge is -2.15. The number of rotatable bonds is 7. The minimum atomic E-state index is -1.04. The molecular formula is C12H16O5. The third-order valence-corrected chi connectivity index (χ3v) is 2.22. The Labute approximate surface area is 99.6 Å². The van der Waals surface area contributed by atoms with Crippen LogP contribution in [0, 0.1) is 0 Å². The molecule has 0 fully saturated rings. The van der Waals surface area contributed by atoms with Gasteiger partial charge < -0.3 is 19.7 Å². The number of carboxylic acid groups (broad SMARTS) is 1. The van der Waals surface area contributed by atoms with Crippen LogP contribution in [0.1, 0.15) is 12.8 Å². The van der Waals surface area contributed by atoms with Crippen molar-refractivity contribution in [2.24, 2.45) is 0 Å². The molecule has 0 saturated heterocycles. The molecule has 1 aromatic carbocycles. The number of hydrogen-bond donors (Lipinski definition) is 2. The van der Waals surface area contributed by atoms with Gasteiger partial charge in [-0.1, -0.05) is 6.07 Å². The Bertz CT molecular complexity index is 364. The summed E-state index contributed by atoms with van der Waals surface area (Å²) in [5.41, 5.74) is 0. The van der Waals surface area contributed by atoms with Gasteiger partial charge in [-0.05, 0) is 25.0 Å². The van der Waals surface area contributed by atoms with E-state index in [9.17, 15) is 4.79 Å². The zero-order valence-electron chi connectivity index (χ0n) is 9.63. The van der Waals surface area contributed by atoms with Crippen LogP contribution in [0.3, 0.4) is 0 Å². The van der Waals surface area contributed by atoms with Crippen molar-refractivity contribution in [3.63, 3.8) is 0 Å². The third kappa shape index (κ3) is 4.32. The van der Waals surface area contributed by atoms with Crippen molar-refractivity contribution in [3.8, 4) is 11.5 Å². The number of aliphatic hydroxyl groups is 1. The summed E-state index contributed by atoms with van der Waals surface area (Å²) in [4.78, 5) is 10.9. The Morgan fingerprint density at radius 3 is 2.71 bits per heavy atom. The Balaban J connectivity index is 2.67. The molecule has 5 heteroatoms. The molecule has 0 aromatic heterocycles. The summed E-state index contributed by atoms with van der Waals surface area (Å²) in [5.74, 6) is 0.00440. The van der Waals surface area contributed by atoms with Gasteiger partial charge in [0.1, 0.15) is 11.5 Å². The summed E-state index contributed by atoms with van der Waals surface area (Å²) >= 11 is 0. The molecule has 1 unspecified atom stereocenters. The summed E-state index contributed by atoms with van der Waals surface area (Å²) in [6.45, 7) is -0.0503. The van der Waals surface area contributed by atoms with Crippen LogP contribution in [0.2, 0.25) is 0 Å². The minimum absolute atomic E-state index is 0.0503. The second kappa shape index (κ2) is 6.75. The first kappa shape index (κ1) is 13.3. The van der Waals surface area contributed by atoms with Gasteiger partial charge in [-0.2, -0.15) is 0 Å². The van der Waals surface area contributed by atoms with Gasteiger partial charge >= 0.3 is 5.97 Å². The van der Waals surface area contributed by atoms with Crippen LogP contribution in [0.4, 0.5) is 0 Å². The molecule has 1 aromatic rings. The van der Waals surface area contributed by atoms with Crippen molar-refractivity contribution in [1.29, 1.82) is 0 Å². The fourth-order valence-corrected chi connectivity index (χ4v) is 1.35. The summed E-state index contributed by atoms with van der Waals surface area (Å²) < 4.78 is 10.3. The molecule has 0 heterocycles. The van der Waals surface area contributed by atoms with E-state index in [1.165, 1.54) is 7.11 Å². The van der Waals surface area contributed by atoms with Crippen LogP contribution >= 0.6 is 0 Å². The van der Waals surface area contributed by atoms with Crippen molar-refractivity contribution in [2.45, 2.75) is 18.9 Å². The van der Waals surface area contributed by atoms with E-state index < -0.39 is 12.1 Å². The average Bonchev–Trinajstić information content (AvgIpc) is 2.34. The number of aliphatic carboxylic acids is 1. The molecule has 0 aliphatic carbocycles. The monoisotopic (exact) mass is 240 g/mol. The van der Waals surface area contributed by atoms with Crippen LogP contribution in [-0.4, -0.2) is 36.0 Å². The van der Waals surface area contributed by atoms with Gasteiger partial charge in [-0.25, -0.2) is 4.79 Å². The Hall–Kier alpha value is -1.75. The van der Waals surface area contributed by atoms with Gasteiger partial charge in [0.05, 0.1) is 7.11 Å². The summed E-state index contributed by atoms with van der Waals surface area (Å²) in [6.07, 6.45) is -0.293. The fraction of sp³-hybridized carbons (Fsp3) is 0.417. The lowest BCUT2D eigenvalue weighted by atomic mass is 10.2. The Morgan fingerprint density at radius 2 is 2.12 bits per heavy atom. The highest BCUT2D eigenvalue weighted by Gasteiger charge is 2.18. The normalized spacial score (nSPS) is 11.9. The fourth-order valence-electron chi connectivity index (χ4n) is 1.35. The van der Waals surface area contributed by atoms with Crippen molar-refractivity contribution in [3.05, 3.63) is 24.3 Å². The van der Waals surface area contributed by atoms with E-state index in [2.05, 4.69) is 0 Å². The van der Waals surface area contributed by atoms with Gasteiger partial charge in [-0.15, -0.1) is 0 Å². The van der Waals surface area contributed by atoms with E-state index in [0.717, 1.165) is 0 Å². The zero-order chi connectivity index (χ0) is 12.7. The molecular weight excluding hydrogens is 224 g/mol. The van der Waals surface area contributed by atoms with Gasteiger partial charge in [-0.3, -0.25) is 0 Å². The molecule has 1 atom stereocenters. The second-order valence-corrected chi connectivity index (χ2v) is 3.49. The summed E-state index contributed by atoms with van der Waals surface area (Å²) in [5, 5.41) is 17.6. The van der Waals surface area contributed by atoms with Crippen molar-refractivity contribution < 1.29 is 24.5 Å². The maximum Gasteiger partial charge on any atom is 0.344 e. The topological polar surface area (TPSA) is 76.0 Å². The van der Waals surface area contributed by atoms with E-state index in [1.54, 1.807) is 24.3 Å². The number of carbonyl (C=O) groups is 1. The van der Waals surface area contributed by atoms with Crippen LogP contribution < -0.4 is 9.47 Å². The minimum Gasteiger partial charge on any atom is -0.497 e. The predicted octanol–water partition coefficient (Wildman–Crippen LogP) is 1.30. The highest BCUT2D eigenvalue weighted by atomic mass is 16.5. The van der Waals surface area contributed by atoms with Crippen molar-refractivity contribution in [2.75, 3.05) is 13.7 Å². The Kier molecular flexibility index (Phi) is 5.29. The predicted molar refractivity (Wildman–Crippen MR) is 61.4 cm³/mol. The largest absolute Gasteiger partial charge is 0.497 e. The van der Waals surface area contributed by atoms with Crippen LogP contribution in [0.5, 0.6) is 11.5 Å². The van der Waals surface area contributed by atoms with E-state index in [-0.39, 0.29) is 13.0 Å². The standard InChI is InChI=1S/C12H16O5/c1-16-9-4-2-5-10(8-9)17-11(12(14)15)6-3-7-13/h2,4-5,8,11,13H,3,6-7H2,1H3,(H,14,15). The number of methoxy groups -OCH3 is 1. The molecule has 0 bridgehead atoms. The van der Waals surface area contributed by atoms with Crippen molar-refractivity contribution in [1.82, 2.24) is 0 Å². The van der Waals surface area contributed by atoms with E-state index in [4.69, 9.17) is 19.7 Å². The van der Waals surface area contributed by atoms with Crippen LogP contribution in [0.15, 0.2) is 24.3 Å². The average molecular weight is 240 g/mol. The first-order valence-corrected chi connectivity index (χ1v) is 5.31. The Morgan fingerprint density at radius 1 is 1.41 bits per heavy atom. The first-order chi connectivity index (χ1) is 8.17. The number of ether oxygens (including phenoxy) is 2. The second-order valence-electron chi connectivity index (χ2n) is 3.49. The van der Waals surface area contributed by atoms with E-state index in [0.29, 0.717) is 17.9 Å². The molecule has 5 nitrogen and oxygen atoms in total. The van der Waals surface area contributed by atoms with Gasteiger partial charge in [0, 0.05) is 12.7 Å². The van der Waals surface area contributed by atoms with Crippen LogP contribution in [-0.2, 0) is 4.79 Å². The molecule has 94 valence electrons. The number of aliphatic hydroxyl groups excluding tert-OH is 1.